The van der Waals surface area contributed by atoms with Crippen LogP contribution in [0.15, 0.2) is 35.7 Å². The van der Waals surface area contributed by atoms with Crippen molar-refractivity contribution in [3.63, 3.8) is 0 Å². The second-order valence-electron chi connectivity index (χ2n) is 4.08. The van der Waals surface area contributed by atoms with Gasteiger partial charge in [-0.25, -0.2) is 0 Å². The Kier molecular flexibility index (Phi) is 4.31. The highest BCUT2D eigenvalue weighted by Crippen LogP contribution is 2.24. The number of nitrogens with two attached hydrogens (primary N) is 1. The van der Waals surface area contributed by atoms with Gasteiger partial charge in [0.2, 0.25) is 0 Å². The lowest BCUT2D eigenvalue weighted by Crippen LogP contribution is -2.26. The van der Waals surface area contributed by atoms with Crippen LogP contribution in [0.3, 0.4) is 0 Å². The van der Waals surface area contributed by atoms with Crippen molar-refractivity contribution >= 4 is 28.6 Å². The predicted octanol–water partition coefficient (Wildman–Crippen LogP) is 2.21. The van der Waals surface area contributed by atoms with Crippen molar-refractivity contribution in [2.24, 2.45) is 0 Å². The van der Waals surface area contributed by atoms with Gasteiger partial charge in [-0.1, -0.05) is 12.1 Å². The van der Waals surface area contributed by atoms with E-state index in [1.165, 1.54) is 18.2 Å². The molecule has 1 aromatic carbocycles. The molecule has 0 aliphatic carbocycles. The number of nitro groups is 1. The Hall–Kier alpha value is -2.41. The number of carbonyl (C=O) groups excluding carboxylic acids is 1. The molecule has 7 heteroatoms. The zero-order chi connectivity index (χ0) is 14.5. The van der Waals surface area contributed by atoms with Gasteiger partial charge < -0.3 is 11.1 Å². The predicted molar refractivity (Wildman–Crippen MR) is 77.9 cm³/mol. The number of hydrogen-bond acceptors (Lipinski definition) is 5. The molecular formula is C13H13N3O3S. The lowest BCUT2D eigenvalue weighted by Gasteiger charge is -2.07. The van der Waals surface area contributed by atoms with Gasteiger partial charge in [-0.05, 0) is 23.9 Å². The van der Waals surface area contributed by atoms with Crippen molar-refractivity contribution in [2.45, 2.75) is 6.42 Å². The molecule has 2 rings (SSSR count). The van der Waals surface area contributed by atoms with Crippen LogP contribution in [0.25, 0.3) is 0 Å². The van der Waals surface area contributed by atoms with Crippen molar-refractivity contribution < 1.29 is 9.72 Å². The Morgan fingerprint density at radius 3 is 2.80 bits per heavy atom. The number of rotatable bonds is 5. The SMILES string of the molecule is Nc1c(C(=O)NCCc2cccs2)cccc1[N+](=O)[O-]. The third-order valence-electron chi connectivity index (χ3n) is 2.76. The van der Waals surface area contributed by atoms with Crippen LogP contribution >= 0.6 is 11.3 Å². The first kappa shape index (κ1) is 14.0. The van der Waals surface area contributed by atoms with E-state index in [0.717, 1.165) is 11.3 Å². The van der Waals surface area contributed by atoms with E-state index in [9.17, 15) is 14.9 Å². The van der Waals surface area contributed by atoms with Crippen molar-refractivity contribution in [1.82, 2.24) is 5.32 Å². The molecule has 0 radical (unpaired) electrons. The van der Waals surface area contributed by atoms with E-state index in [4.69, 9.17) is 5.73 Å². The van der Waals surface area contributed by atoms with Crippen LogP contribution in [0.2, 0.25) is 0 Å². The Morgan fingerprint density at radius 1 is 1.35 bits per heavy atom. The Bertz CT molecular complexity index is 626. The molecule has 2 aromatic rings. The van der Waals surface area contributed by atoms with Crippen LogP contribution in [0.4, 0.5) is 11.4 Å². The lowest BCUT2D eigenvalue weighted by molar-refractivity contribution is -0.383. The number of para-hydroxylation sites is 1. The molecule has 20 heavy (non-hydrogen) atoms. The lowest BCUT2D eigenvalue weighted by atomic mass is 10.1. The number of benzene rings is 1. The van der Waals surface area contributed by atoms with Crippen molar-refractivity contribution in [2.75, 3.05) is 12.3 Å². The monoisotopic (exact) mass is 291 g/mol. The molecule has 0 atom stereocenters. The summed E-state index contributed by atoms with van der Waals surface area (Å²) in [4.78, 5) is 23.3. The summed E-state index contributed by atoms with van der Waals surface area (Å²) in [6.45, 7) is 0.460. The molecule has 0 saturated carbocycles. The molecule has 0 aliphatic rings. The molecule has 1 aromatic heterocycles. The average Bonchev–Trinajstić information content (AvgIpc) is 2.91. The average molecular weight is 291 g/mol. The summed E-state index contributed by atoms with van der Waals surface area (Å²) in [7, 11) is 0. The third kappa shape index (κ3) is 3.12. The molecule has 0 fully saturated rings. The summed E-state index contributed by atoms with van der Waals surface area (Å²) in [6.07, 6.45) is 0.720. The van der Waals surface area contributed by atoms with Gasteiger partial charge >= 0.3 is 0 Å². The molecule has 3 N–H and O–H groups in total. The van der Waals surface area contributed by atoms with Gasteiger partial charge in [-0.3, -0.25) is 14.9 Å². The van der Waals surface area contributed by atoms with Gasteiger partial charge in [-0.2, -0.15) is 0 Å². The molecule has 104 valence electrons. The quantitative estimate of drug-likeness (QED) is 0.501. The first-order chi connectivity index (χ1) is 9.59. The number of carbonyl (C=O) groups is 1. The third-order valence-corrected chi connectivity index (χ3v) is 3.70. The van der Waals surface area contributed by atoms with E-state index >= 15 is 0 Å². The number of hydrogen-bond donors (Lipinski definition) is 2. The normalized spacial score (nSPS) is 10.2. The molecule has 0 saturated heterocycles. The van der Waals surface area contributed by atoms with Gasteiger partial charge in [-0.15, -0.1) is 11.3 Å². The minimum absolute atomic E-state index is 0.105. The van der Waals surface area contributed by atoms with Gasteiger partial charge in [0.05, 0.1) is 10.5 Å². The molecule has 6 nitrogen and oxygen atoms in total. The van der Waals surface area contributed by atoms with E-state index < -0.39 is 10.8 Å². The zero-order valence-electron chi connectivity index (χ0n) is 10.5. The zero-order valence-corrected chi connectivity index (χ0v) is 11.4. The first-order valence-corrected chi connectivity index (χ1v) is 6.81. The second kappa shape index (κ2) is 6.16. The van der Waals surface area contributed by atoms with Crippen LogP contribution in [0, 0.1) is 10.1 Å². The maximum Gasteiger partial charge on any atom is 0.292 e. The fourth-order valence-corrected chi connectivity index (χ4v) is 2.47. The van der Waals surface area contributed by atoms with E-state index in [-0.39, 0.29) is 16.9 Å². The maximum atomic E-state index is 12.0. The highest BCUT2D eigenvalue weighted by molar-refractivity contribution is 7.09. The summed E-state index contributed by atoms with van der Waals surface area (Å²) in [6, 6.07) is 8.13. The number of amides is 1. The number of thiophene rings is 1. The smallest absolute Gasteiger partial charge is 0.292 e. The summed E-state index contributed by atoms with van der Waals surface area (Å²) in [5.74, 6) is -0.400. The number of anilines is 1. The molecule has 0 aliphatic heterocycles. The van der Waals surface area contributed by atoms with Gasteiger partial charge in [0.25, 0.3) is 11.6 Å². The first-order valence-electron chi connectivity index (χ1n) is 5.93. The Balaban J connectivity index is 2.02. The van der Waals surface area contributed by atoms with Crippen molar-refractivity contribution in [1.29, 1.82) is 0 Å². The fraction of sp³-hybridized carbons (Fsp3) is 0.154. The van der Waals surface area contributed by atoms with Crippen LogP contribution < -0.4 is 11.1 Å². The molecule has 1 heterocycles. The van der Waals surface area contributed by atoms with Gasteiger partial charge in [0.15, 0.2) is 0 Å². The van der Waals surface area contributed by atoms with Crippen LogP contribution in [-0.4, -0.2) is 17.4 Å². The minimum atomic E-state index is -0.599. The maximum absolute atomic E-state index is 12.0. The highest BCUT2D eigenvalue weighted by atomic mass is 32.1. The van der Waals surface area contributed by atoms with Crippen LogP contribution in [0.1, 0.15) is 15.2 Å². The summed E-state index contributed by atoms with van der Waals surface area (Å²) < 4.78 is 0. The molecule has 0 spiro atoms. The van der Waals surface area contributed by atoms with Crippen molar-refractivity contribution in [3.05, 3.63) is 56.3 Å². The van der Waals surface area contributed by atoms with E-state index in [1.807, 2.05) is 17.5 Å². The number of nitrogens with zero attached hydrogens (tertiary/aromatic N) is 1. The van der Waals surface area contributed by atoms with Crippen molar-refractivity contribution in [3.8, 4) is 0 Å². The number of nitrogens with one attached hydrogen (secondary N) is 1. The Labute approximate surface area is 119 Å². The van der Waals surface area contributed by atoms with E-state index in [2.05, 4.69) is 5.32 Å². The number of nitrogen functional groups attached to an aromatic ring is 1. The molecule has 0 bridgehead atoms. The minimum Gasteiger partial charge on any atom is -0.393 e. The second-order valence-corrected chi connectivity index (χ2v) is 5.11. The topological polar surface area (TPSA) is 98.3 Å². The summed E-state index contributed by atoms with van der Waals surface area (Å²) in [5.41, 5.74) is 5.42. The standard InChI is InChI=1S/C13H13N3O3S/c14-12-10(4-1-5-11(12)16(18)19)13(17)15-7-6-9-3-2-8-20-9/h1-5,8H,6-7,14H2,(H,15,17). The summed E-state index contributed by atoms with van der Waals surface area (Å²) >= 11 is 1.61. The molecule has 0 unspecified atom stereocenters. The Morgan fingerprint density at radius 2 is 2.15 bits per heavy atom. The van der Waals surface area contributed by atoms with Gasteiger partial charge in [0, 0.05) is 17.5 Å². The van der Waals surface area contributed by atoms with Crippen LogP contribution in [-0.2, 0) is 6.42 Å². The summed E-state index contributed by atoms with van der Waals surface area (Å²) in [5, 5.41) is 15.4. The van der Waals surface area contributed by atoms with E-state index in [1.54, 1.807) is 11.3 Å². The fourth-order valence-electron chi connectivity index (χ4n) is 1.76. The molecule has 1 amide bonds. The van der Waals surface area contributed by atoms with E-state index in [0.29, 0.717) is 6.54 Å². The van der Waals surface area contributed by atoms with Crippen LogP contribution in [0.5, 0.6) is 0 Å². The largest absolute Gasteiger partial charge is 0.393 e. The molecular weight excluding hydrogens is 278 g/mol. The highest BCUT2D eigenvalue weighted by Gasteiger charge is 2.18. The number of nitro benzene ring substituents is 1. The van der Waals surface area contributed by atoms with Gasteiger partial charge in [0.1, 0.15) is 5.69 Å².